The molecule has 33 heavy (non-hydrogen) atoms. The average Bonchev–Trinajstić information content (AvgIpc) is 3.32. The van der Waals surface area contributed by atoms with Crippen LogP contribution in [-0.4, -0.2) is 40.0 Å². The summed E-state index contributed by atoms with van der Waals surface area (Å²) in [6.07, 6.45) is 1.72. The van der Waals surface area contributed by atoms with Gasteiger partial charge in [0, 0.05) is 18.2 Å². The zero-order valence-corrected chi connectivity index (χ0v) is 19.3. The molecule has 4 rings (SSSR count). The van der Waals surface area contributed by atoms with Crippen LogP contribution in [0.5, 0.6) is 0 Å². The van der Waals surface area contributed by atoms with Gasteiger partial charge in [-0.3, -0.25) is 19.5 Å². The van der Waals surface area contributed by atoms with Crippen LogP contribution in [0.1, 0.15) is 18.4 Å². The van der Waals surface area contributed by atoms with Gasteiger partial charge in [-0.15, -0.1) is 0 Å². The molecule has 0 radical (unpaired) electrons. The molecule has 0 bridgehead atoms. The SMILES string of the molecule is O=C(CSc1nc2cc(Cl)ccc2c(=O)n1CC1CCCO1)NC(=O)NCc1ccccc1. The number of nitrogens with one attached hydrogen (secondary N) is 2. The number of halogens is 1. The molecule has 1 fully saturated rings. The lowest BCUT2D eigenvalue weighted by molar-refractivity contribution is -0.117. The first kappa shape index (κ1) is 23.3. The molecule has 1 atom stereocenters. The molecule has 3 aromatic rings. The van der Waals surface area contributed by atoms with Crippen LogP contribution in [-0.2, 0) is 22.6 Å². The maximum absolute atomic E-state index is 13.1. The van der Waals surface area contributed by atoms with Gasteiger partial charge in [0.05, 0.1) is 29.3 Å². The molecule has 1 saturated heterocycles. The highest BCUT2D eigenvalue weighted by Crippen LogP contribution is 2.22. The third-order valence-corrected chi connectivity index (χ3v) is 6.39. The minimum absolute atomic E-state index is 0.0776. The van der Waals surface area contributed by atoms with E-state index in [0.717, 1.165) is 30.2 Å². The fraction of sp³-hybridized carbons (Fsp3) is 0.304. The Morgan fingerprint density at radius 3 is 2.79 bits per heavy atom. The summed E-state index contributed by atoms with van der Waals surface area (Å²) in [4.78, 5) is 42.1. The Morgan fingerprint density at radius 2 is 2.03 bits per heavy atom. The minimum atomic E-state index is -0.584. The number of fused-ring (bicyclic) bond motifs is 1. The van der Waals surface area contributed by atoms with Crippen molar-refractivity contribution >= 4 is 46.2 Å². The fourth-order valence-electron chi connectivity index (χ4n) is 3.55. The van der Waals surface area contributed by atoms with Gasteiger partial charge in [-0.2, -0.15) is 0 Å². The molecule has 3 amide bonds. The van der Waals surface area contributed by atoms with E-state index in [4.69, 9.17) is 16.3 Å². The van der Waals surface area contributed by atoms with E-state index in [1.165, 1.54) is 0 Å². The van der Waals surface area contributed by atoms with Gasteiger partial charge in [-0.1, -0.05) is 53.7 Å². The summed E-state index contributed by atoms with van der Waals surface area (Å²) in [6.45, 7) is 1.33. The highest BCUT2D eigenvalue weighted by molar-refractivity contribution is 7.99. The third-order valence-electron chi connectivity index (χ3n) is 5.17. The van der Waals surface area contributed by atoms with Gasteiger partial charge in [0.1, 0.15) is 0 Å². The molecule has 1 aliphatic heterocycles. The van der Waals surface area contributed by atoms with Crippen molar-refractivity contribution in [2.45, 2.75) is 37.2 Å². The van der Waals surface area contributed by atoms with Crippen LogP contribution >= 0.6 is 23.4 Å². The standard InChI is InChI=1S/C23H23ClN4O4S/c24-16-8-9-18-19(11-16)26-23(28(21(18)30)13-17-7-4-10-32-17)33-14-20(29)27-22(31)25-12-15-5-2-1-3-6-15/h1-3,5-6,8-9,11,17H,4,7,10,12-14H2,(H2,25,27,29,31). The molecule has 1 aliphatic rings. The number of amides is 3. The number of carbonyl (C=O) groups excluding carboxylic acids is 2. The van der Waals surface area contributed by atoms with Crippen LogP contribution in [0.2, 0.25) is 5.02 Å². The number of thioether (sulfide) groups is 1. The molecule has 2 N–H and O–H groups in total. The fourth-order valence-corrected chi connectivity index (χ4v) is 4.53. The summed E-state index contributed by atoms with van der Waals surface area (Å²) in [7, 11) is 0. The average molecular weight is 487 g/mol. The summed E-state index contributed by atoms with van der Waals surface area (Å²) in [5.74, 6) is -0.572. The second-order valence-corrected chi connectivity index (χ2v) is 8.99. The number of rotatable bonds is 7. The topological polar surface area (TPSA) is 102 Å². The number of nitrogens with zero attached hydrogens (tertiary/aromatic N) is 2. The predicted octanol–water partition coefficient (Wildman–Crippen LogP) is 3.35. The Kier molecular flexibility index (Phi) is 7.64. The molecule has 1 aromatic heterocycles. The minimum Gasteiger partial charge on any atom is -0.376 e. The third kappa shape index (κ3) is 6.13. The number of hydrogen-bond acceptors (Lipinski definition) is 6. The van der Waals surface area contributed by atoms with Crippen molar-refractivity contribution in [3.05, 3.63) is 69.5 Å². The molecular weight excluding hydrogens is 464 g/mol. The van der Waals surface area contributed by atoms with Gasteiger partial charge in [-0.25, -0.2) is 9.78 Å². The van der Waals surface area contributed by atoms with Gasteiger partial charge in [0.25, 0.3) is 5.56 Å². The Morgan fingerprint density at radius 1 is 1.21 bits per heavy atom. The molecule has 2 heterocycles. The molecule has 10 heteroatoms. The number of urea groups is 1. The maximum Gasteiger partial charge on any atom is 0.321 e. The highest BCUT2D eigenvalue weighted by atomic mass is 35.5. The molecule has 0 saturated carbocycles. The summed E-state index contributed by atoms with van der Waals surface area (Å²) in [5.41, 5.74) is 1.17. The normalized spacial score (nSPS) is 15.5. The summed E-state index contributed by atoms with van der Waals surface area (Å²) in [6, 6.07) is 13.7. The second kappa shape index (κ2) is 10.8. The van der Waals surface area contributed by atoms with Crippen molar-refractivity contribution in [3.63, 3.8) is 0 Å². The molecule has 2 aromatic carbocycles. The largest absolute Gasteiger partial charge is 0.376 e. The number of aromatic nitrogens is 2. The zero-order valence-electron chi connectivity index (χ0n) is 17.8. The predicted molar refractivity (Wildman–Crippen MR) is 128 cm³/mol. The first-order valence-electron chi connectivity index (χ1n) is 10.6. The van der Waals surface area contributed by atoms with Crippen molar-refractivity contribution in [2.75, 3.05) is 12.4 Å². The number of imide groups is 1. The zero-order chi connectivity index (χ0) is 23.2. The molecule has 8 nitrogen and oxygen atoms in total. The number of carbonyl (C=O) groups is 2. The van der Waals surface area contributed by atoms with Gasteiger partial charge in [0.15, 0.2) is 5.16 Å². The van der Waals surface area contributed by atoms with Crippen LogP contribution in [0, 0.1) is 0 Å². The number of hydrogen-bond donors (Lipinski definition) is 2. The van der Waals surface area contributed by atoms with E-state index in [2.05, 4.69) is 15.6 Å². The van der Waals surface area contributed by atoms with E-state index in [9.17, 15) is 14.4 Å². The Balaban J connectivity index is 1.44. The lowest BCUT2D eigenvalue weighted by Crippen LogP contribution is -2.40. The van der Waals surface area contributed by atoms with Gasteiger partial charge < -0.3 is 10.1 Å². The van der Waals surface area contributed by atoms with Gasteiger partial charge in [0.2, 0.25) is 5.91 Å². The van der Waals surface area contributed by atoms with E-state index >= 15 is 0 Å². The van der Waals surface area contributed by atoms with E-state index in [1.54, 1.807) is 22.8 Å². The molecule has 0 aliphatic carbocycles. The van der Waals surface area contributed by atoms with Crippen LogP contribution in [0.25, 0.3) is 10.9 Å². The maximum atomic E-state index is 13.1. The smallest absolute Gasteiger partial charge is 0.321 e. The highest BCUT2D eigenvalue weighted by Gasteiger charge is 2.21. The summed E-state index contributed by atoms with van der Waals surface area (Å²) in [5, 5.41) is 6.25. The van der Waals surface area contributed by atoms with E-state index in [0.29, 0.717) is 40.8 Å². The van der Waals surface area contributed by atoms with Crippen molar-refractivity contribution < 1.29 is 14.3 Å². The van der Waals surface area contributed by atoms with Crippen LogP contribution in [0.15, 0.2) is 58.5 Å². The molecular formula is C23H23ClN4O4S. The second-order valence-electron chi connectivity index (χ2n) is 7.61. The number of ether oxygens (including phenoxy) is 1. The van der Waals surface area contributed by atoms with E-state index in [1.807, 2.05) is 30.3 Å². The van der Waals surface area contributed by atoms with Crippen LogP contribution in [0.3, 0.4) is 0 Å². The first-order chi connectivity index (χ1) is 16.0. The first-order valence-corrected chi connectivity index (χ1v) is 11.9. The van der Waals surface area contributed by atoms with Crippen molar-refractivity contribution in [1.29, 1.82) is 0 Å². The molecule has 1 unspecified atom stereocenters. The summed E-state index contributed by atoms with van der Waals surface area (Å²) >= 11 is 7.17. The van der Waals surface area contributed by atoms with Crippen LogP contribution < -0.4 is 16.2 Å². The Hall–Kier alpha value is -2.88. The lowest BCUT2D eigenvalue weighted by Gasteiger charge is -2.16. The van der Waals surface area contributed by atoms with E-state index < -0.39 is 11.9 Å². The quantitative estimate of drug-likeness (QED) is 0.392. The molecule has 0 spiro atoms. The van der Waals surface area contributed by atoms with Crippen molar-refractivity contribution in [1.82, 2.24) is 20.2 Å². The van der Waals surface area contributed by atoms with Gasteiger partial charge >= 0.3 is 6.03 Å². The molecule has 172 valence electrons. The van der Waals surface area contributed by atoms with Crippen LogP contribution in [0.4, 0.5) is 4.79 Å². The Labute approximate surface area is 199 Å². The number of benzene rings is 2. The van der Waals surface area contributed by atoms with Gasteiger partial charge in [-0.05, 0) is 36.6 Å². The lowest BCUT2D eigenvalue weighted by atomic mass is 10.2. The van der Waals surface area contributed by atoms with Crippen molar-refractivity contribution in [2.24, 2.45) is 0 Å². The Bertz CT molecular complexity index is 1210. The van der Waals surface area contributed by atoms with E-state index in [-0.39, 0.29) is 17.4 Å². The monoisotopic (exact) mass is 486 g/mol. The van der Waals surface area contributed by atoms with Crippen molar-refractivity contribution in [3.8, 4) is 0 Å². The summed E-state index contributed by atoms with van der Waals surface area (Å²) < 4.78 is 7.23.